The molecule has 0 spiro atoms. The average Bonchev–Trinajstić information content (AvgIpc) is 2.02. The van der Waals surface area contributed by atoms with E-state index in [2.05, 4.69) is 0 Å². The number of hydrogen-bond acceptors (Lipinski definition) is 2. The van der Waals surface area contributed by atoms with Crippen molar-refractivity contribution >= 4 is 5.97 Å². The Hall–Kier alpha value is -1.35. The fraction of sp³-hybridized carbons (Fsp3) is 0.364. The monoisotopic (exact) mass is 193 g/mol. The van der Waals surface area contributed by atoms with Crippen molar-refractivity contribution in [3.8, 4) is 0 Å². The summed E-state index contributed by atoms with van der Waals surface area (Å²) in [6.45, 7) is 5.59. The van der Waals surface area contributed by atoms with E-state index < -0.39 is 5.97 Å². The molecule has 0 aliphatic carbocycles. The molecule has 0 bridgehead atoms. The maximum atomic E-state index is 10.9. The minimum absolute atomic E-state index is 0.131. The van der Waals surface area contributed by atoms with Crippen molar-refractivity contribution in [2.24, 2.45) is 5.73 Å². The predicted octanol–water partition coefficient (Wildman–Crippen LogP) is 2.02. The summed E-state index contributed by atoms with van der Waals surface area (Å²) >= 11 is 0. The second-order valence-corrected chi connectivity index (χ2v) is 3.62. The summed E-state index contributed by atoms with van der Waals surface area (Å²) in [7, 11) is 0. The highest BCUT2D eigenvalue weighted by atomic mass is 16.4. The van der Waals surface area contributed by atoms with Crippen LogP contribution in [0.3, 0.4) is 0 Å². The molecule has 76 valence electrons. The highest BCUT2D eigenvalue weighted by molar-refractivity contribution is 5.89. The molecule has 1 aromatic carbocycles. The largest absolute Gasteiger partial charge is 0.478 e. The first-order valence-corrected chi connectivity index (χ1v) is 4.53. The van der Waals surface area contributed by atoms with Crippen molar-refractivity contribution in [1.29, 1.82) is 0 Å². The van der Waals surface area contributed by atoms with Gasteiger partial charge in [-0.2, -0.15) is 0 Å². The Bertz CT molecular complexity index is 370. The fourth-order valence-corrected chi connectivity index (χ4v) is 1.59. The standard InChI is InChI=1S/C11H15NO2/c1-6-4-7(2)10(11(13)14)5-9(6)8(3)12/h4-5,8H,12H2,1-3H3,(H,13,14)/t8-/m0/s1. The normalized spacial score (nSPS) is 12.6. The lowest BCUT2D eigenvalue weighted by Crippen LogP contribution is -2.10. The molecule has 1 atom stereocenters. The van der Waals surface area contributed by atoms with Crippen molar-refractivity contribution in [1.82, 2.24) is 0 Å². The van der Waals surface area contributed by atoms with Gasteiger partial charge in [0.2, 0.25) is 0 Å². The molecule has 0 heterocycles. The lowest BCUT2D eigenvalue weighted by molar-refractivity contribution is 0.0696. The predicted molar refractivity (Wildman–Crippen MR) is 55.5 cm³/mol. The van der Waals surface area contributed by atoms with Gasteiger partial charge in [0.25, 0.3) is 0 Å². The molecule has 1 aromatic rings. The number of carbonyl (C=O) groups is 1. The van der Waals surface area contributed by atoms with E-state index in [1.165, 1.54) is 0 Å². The molecular formula is C11H15NO2. The average molecular weight is 193 g/mol. The van der Waals surface area contributed by atoms with Crippen LogP contribution in [0.25, 0.3) is 0 Å². The first-order valence-electron chi connectivity index (χ1n) is 4.53. The third kappa shape index (κ3) is 1.93. The molecule has 0 aliphatic heterocycles. The van der Waals surface area contributed by atoms with Gasteiger partial charge in [-0.3, -0.25) is 0 Å². The van der Waals surface area contributed by atoms with Gasteiger partial charge in [-0.15, -0.1) is 0 Å². The molecule has 0 radical (unpaired) electrons. The zero-order chi connectivity index (χ0) is 10.9. The minimum Gasteiger partial charge on any atom is -0.478 e. The van der Waals surface area contributed by atoms with Gasteiger partial charge in [-0.05, 0) is 43.5 Å². The molecule has 0 fully saturated rings. The van der Waals surface area contributed by atoms with Gasteiger partial charge in [0, 0.05) is 6.04 Å². The Kier molecular flexibility index (Phi) is 2.91. The van der Waals surface area contributed by atoms with Gasteiger partial charge in [0.1, 0.15) is 0 Å². The summed E-state index contributed by atoms with van der Waals surface area (Å²) in [5, 5.41) is 8.92. The van der Waals surface area contributed by atoms with E-state index >= 15 is 0 Å². The zero-order valence-corrected chi connectivity index (χ0v) is 8.66. The molecule has 14 heavy (non-hydrogen) atoms. The third-order valence-corrected chi connectivity index (χ3v) is 2.33. The fourth-order valence-electron chi connectivity index (χ4n) is 1.59. The lowest BCUT2D eigenvalue weighted by Gasteiger charge is -2.12. The van der Waals surface area contributed by atoms with Gasteiger partial charge in [0.15, 0.2) is 0 Å². The highest BCUT2D eigenvalue weighted by Gasteiger charge is 2.12. The van der Waals surface area contributed by atoms with Crippen LogP contribution in [0.2, 0.25) is 0 Å². The molecule has 0 aromatic heterocycles. The number of hydrogen-bond donors (Lipinski definition) is 2. The molecule has 0 saturated heterocycles. The van der Waals surface area contributed by atoms with Crippen LogP contribution in [0.4, 0.5) is 0 Å². The Morgan fingerprint density at radius 1 is 1.36 bits per heavy atom. The summed E-state index contributed by atoms with van der Waals surface area (Å²) in [4.78, 5) is 10.9. The smallest absolute Gasteiger partial charge is 0.335 e. The molecule has 3 N–H and O–H groups in total. The first kappa shape index (κ1) is 10.7. The molecule has 0 unspecified atom stereocenters. The lowest BCUT2D eigenvalue weighted by atomic mass is 9.96. The van der Waals surface area contributed by atoms with E-state index in [9.17, 15) is 4.79 Å². The summed E-state index contributed by atoms with van der Waals surface area (Å²) in [5.74, 6) is -0.899. The van der Waals surface area contributed by atoms with Crippen molar-refractivity contribution in [2.75, 3.05) is 0 Å². The summed E-state index contributed by atoms with van der Waals surface area (Å²) in [6, 6.07) is 3.40. The summed E-state index contributed by atoms with van der Waals surface area (Å²) in [6.07, 6.45) is 0. The SMILES string of the molecule is Cc1cc(C)c([C@H](C)N)cc1C(=O)O. The van der Waals surface area contributed by atoms with Gasteiger partial charge in [0.05, 0.1) is 5.56 Å². The first-order chi connectivity index (χ1) is 6.43. The second-order valence-electron chi connectivity index (χ2n) is 3.62. The van der Waals surface area contributed by atoms with Crippen LogP contribution in [0.15, 0.2) is 12.1 Å². The van der Waals surface area contributed by atoms with Crippen LogP contribution in [-0.4, -0.2) is 11.1 Å². The van der Waals surface area contributed by atoms with E-state index in [0.29, 0.717) is 5.56 Å². The van der Waals surface area contributed by atoms with E-state index in [1.807, 2.05) is 19.9 Å². The van der Waals surface area contributed by atoms with Crippen molar-refractivity contribution in [2.45, 2.75) is 26.8 Å². The van der Waals surface area contributed by atoms with E-state index in [4.69, 9.17) is 10.8 Å². The number of carboxylic acid groups (broad SMARTS) is 1. The Morgan fingerprint density at radius 2 is 1.93 bits per heavy atom. The topological polar surface area (TPSA) is 63.3 Å². The summed E-state index contributed by atoms with van der Waals surface area (Å²) in [5.41, 5.74) is 8.79. The molecule has 1 rings (SSSR count). The van der Waals surface area contributed by atoms with Crippen LogP contribution in [-0.2, 0) is 0 Å². The van der Waals surface area contributed by atoms with Crippen LogP contribution < -0.4 is 5.73 Å². The van der Waals surface area contributed by atoms with Crippen molar-refractivity contribution < 1.29 is 9.90 Å². The van der Waals surface area contributed by atoms with Crippen LogP contribution in [0.1, 0.15) is 40.0 Å². The number of nitrogens with two attached hydrogens (primary N) is 1. The molecule has 3 nitrogen and oxygen atoms in total. The van der Waals surface area contributed by atoms with Crippen LogP contribution >= 0.6 is 0 Å². The number of aromatic carboxylic acids is 1. The van der Waals surface area contributed by atoms with Gasteiger partial charge < -0.3 is 10.8 Å². The molecule has 0 amide bonds. The second kappa shape index (κ2) is 3.80. The quantitative estimate of drug-likeness (QED) is 0.755. The number of aryl methyl sites for hydroxylation is 2. The molecule has 0 saturated carbocycles. The Morgan fingerprint density at radius 3 is 2.36 bits per heavy atom. The van der Waals surface area contributed by atoms with Gasteiger partial charge in [-0.1, -0.05) is 6.07 Å². The zero-order valence-electron chi connectivity index (χ0n) is 8.66. The molecular weight excluding hydrogens is 178 g/mol. The van der Waals surface area contributed by atoms with E-state index in [0.717, 1.165) is 16.7 Å². The van der Waals surface area contributed by atoms with Crippen molar-refractivity contribution in [3.05, 3.63) is 34.4 Å². The molecule has 0 aliphatic rings. The Balaban J connectivity index is 3.34. The van der Waals surface area contributed by atoms with E-state index in [-0.39, 0.29) is 6.04 Å². The van der Waals surface area contributed by atoms with Crippen LogP contribution in [0, 0.1) is 13.8 Å². The third-order valence-electron chi connectivity index (χ3n) is 2.33. The Labute approximate surface area is 83.6 Å². The number of carboxylic acids is 1. The van der Waals surface area contributed by atoms with E-state index in [1.54, 1.807) is 13.0 Å². The van der Waals surface area contributed by atoms with Gasteiger partial charge in [-0.25, -0.2) is 4.79 Å². The number of rotatable bonds is 2. The highest BCUT2D eigenvalue weighted by Crippen LogP contribution is 2.20. The van der Waals surface area contributed by atoms with Crippen LogP contribution in [0.5, 0.6) is 0 Å². The minimum atomic E-state index is -0.899. The number of benzene rings is 1. The van der Waals surface area contributed by atoms with Crippen molar-refractivity contribution in [3.63, 3.8) is 0 Å². The molecule has 3 heteroatoms. The maximum absolute atomic E-state index is 10.9. The van der Waals surface area contributed by atoms with Gasteiger partial charge >= 0.3 is 5.97 Å². The maximum Gasteiger partial charge on any atom is 0.335 e. The summed E-state index contributed by atoms with van der Waals surface area (Å²) < 4.78 is 0.